The van der Waals surface area contributed by atoms with Crippen LogP contribution in [-0.2, 0) is 6.54 Å². The van der Waals surface area contributed by atoms with Crippen LogP contribution >= 0.6 is 11.6 Å². The molecule has 3 nitrogen and oxygen atoms in total. The average Bonchev–Trinajstić information content (AvgIpc) is 2.63. The van der Waals surface area contributed by atoms with Crippen molar-refractivity contribution in [2.24, 2.45) is 5.92 Å². The molecule has 1 atom stereocenters. The molecule has 1 aromatic carbocycles. The van der Waals surface area contributed by atoms with Crippen LogP contribution in [0.15, 0.2) is 24.3 Å². The average molecular weight is 281 g/mol. The topological polar surface area (TPSA) is 32.3 Å². The van der Waals surface area contributed by atoms with Gasteiger partial charge in [-0.15, -0.1) is 0 Å². The fourth-order valence-electron chi connectivity index (χ4n) is 2.36. The molecule has 0 radical (unpaired) electrons. The molecule has 0 aliphatic carbocycles. The molecule has 104 valence electrons. The molecule has 19 heavy (non-hydrogen) atoms. The van der Waals surface area contributed by atoms with E-state index in [0.29, 0.717) is 6.54 Å². The number of hydrogen-bond donors (Lipinski definition) is 1. The van der Waals surface area contributed by atoms with E-state index >= 15 is 0 Å². The van der Waals surface area contributed by atoms with Crippen LogP contribution in [0, 0.1) is 5.92 Å². The van der Waals surface area contributed by atoms with E-state index < -0.39 is 0 Å². The van der Waals surface area contributed by atoms with Crippen LogP contribution in [0.3, 0.4) is 0 Å². The monoisotopic (exact) mass is 280 g/mol. The molecule has 1 aliphatic heterocycles. The van der Waals surface area contributed by atoms with Crippen LogP contribution in [0.25, 0.3) is 0 Å². The van der Waals surface area contributed by atoms with E-state index in [4.69, 9.17) is 11.6 Å². The molecule has 1 aromatic rings. The quantitative estimate of drug-likeness (QED) is 0.881. The van der Waals surface area contributed by atoms with Crippen molar-refractivity contribution in [3.05, 3.63) is 34.9 Å². The summed E-state index contributed by atoms with van der Waals surface area (Å²) in [7, 11) is 0. The zero-order chi connectivity index (χ0) is 13.7. The summed E-state index contributed by atoms with van der Waals surface area (Å²) >= 11 is 5.83. The molecule has 4 heteroatoms. The Bertz CT molecular complexity index is 419. The van der Waals surface area contributed by atoms with E-state index in [9.17, 15) is 4.79 Å². The van der Waals surface area contributed by atoms with E-state index in [1.807, 2.05) is 29.2 Å². The highest BCUT2D eigenvalue weighted by molar-refractivity contribution is 6.30. The van der Waals surface area contributed by atoms with Gasteiger partial charge in [0.25, 0.3) is 0 Å². The molecule has 2 rings (SSSR count). The number of likely N-dealkylation sites (tertiary alicyclic amines) is 1. The smallest absolute Gasteiger partial charge is 0.317 e. The van der Waals surface area contributed by atoms with E-state index in [0.717, 1.165) is 42.4 Å². The predicted molar refractivity (Wildman–Crippen MR) is 78.3 cm³/mol. The highest BCUT2D eigenvalue weighted by Gasteiger charge is 2.17. The Morgan fingerprint density at radius 1 is 1.32 bits per heavy atom. The van der Waals surface area contributed by atoms with Gasteiger partial charge in [0.2, 0.25) is 0 Å². The molecule has 1 heterocycles. The number of hydrogen-bond acceptors (Lipinski definition) is 1. The van der Waals surface area contributed by atoms with Crippen molar-refractivity contribution < 1.29 is 4.79 Å². The fourth-order valence-corrected chi connectivity index (χ4v) is 2.48. The van der Waals surface area contributed by atoms with Crippen LogP contribution in [0.2, 0.25) is 5.02 Å². The third kappa shape index (κ3) is 4.43. The number of nitrogens with one attached hydrogen (secondary N) is 1. The van der Waals surface area contributed by atoms with E-state index in [1.165, 1.54) is 6.42 Å². The Morgan fingerprint density at radius 2 is 2.05 bits per heavy atom. The minimum absolute atomic E-state index is 0.0454. The molecule has 0 bridgehead atoms. The summed E-state index contributed by atoms with van der Waals surface area (Å²) in [4.78, 5) is 14.0. The molecule has 1 unspecified atom stereocenters. The maximum Gasteiger partial charge on any atom is 0.317 e. The van der Waals surface area contributed by atoms with Crippen LogP contribution in [-0.4, -0.2) is 24.0 Å². The second kappa shape index (κ2) is 6.80. The summed E-state index contributed by atoms with van der Waals surface area (Å²) in [5.74, 6) is 0.731. The van der Waals surface area contributed by atoms with Crippen LogP contribution < -0.4 is 5.32 Å². The summed E-state index contributed by atoms with van der Waals surface area (Å²) in [6.07, 6.45) is 3.44. The summed E-state index contributed by atoms with van der Waals surface area (Å²) in [5, 5.41) is 3.69. The first-order valence-corrected chi connectivity index (χ1v) is 7.30. The van der Waals surface area contributed by atoms with Gasteiger partial charge in [-0.25, -0.2) is 4.79 Å². The predicted octanol–water partition coefficient (Wildman–Crippen LogP) is 3.67. The largest absolute Gasteiger partial charge is 0.334 e. The standard InChI is InChI=1S/C15H21ClN2O/c1-12-3-2-9-18(10-8-12)15(19)17-11-13-4-6-14(16)7-5-13/h4-7,12H,2-3,8-11H2,1H3,(H,17,19). The highest BCUT2D eigenvalue weighted by atomic mass is 35.5. The van der Waals surface area contributed by atoms with Gasteiger partial charge in [-0.2, -0.15) is 0 Å². The van der Waals surface area contributed by atoms with E-state index in [1.54, 1.807) is 0 Å². The van der Waals surface area contributed by atoms with Crippen LogP contribution in [0.5, 0.6) is 0 Å². The fraction of sp³-hybridized carbons (Fsp3) is 0.533. The second-order valence-electron chi connectivity index (χ2n) is 5.31. The molecule has 2 amide bonds. The molecule has 0 aromatic heterocycles. The Hall–Kier alpha value is -1.22. The minimum Gasteiger partial charge on any atom is -0.334 e. The number of urea groups is 1. The summed E-state index contributed by atoms with van der Waals surface area (Å²) in [6.45, 7) is 4.56. The molecular weight excluding hydrogens is 260 g/mol. The summed E-state index contributed by atoms with van der Waals surface area (Å²) in [6, 6.07) is 7.61. The van der Waals surface area contributed by atoms with E-state index in [-0.39, 0.29) is 6.03 Å². The number of nitrogens with zero attached hydrogens (tertiary/aromatic N) is 1. The lowest BCUT2D eigenvalue weighted by Gasteiger charge is -2.21. The van der Waals surface area contributed by atoms with Crippen molar-refractivity contribution in [3.8, 4) is 0 Å². The molecule has 1 saturated heterocycles. The molecular formula is C15H21ClN2O. The third-order valence-electron chi connectivity index (χ3n) is 3.66. The van der Waals surface area contributed by atoms with Gasteiger partial charge in [-0.3, -0.25) is 0 Å². The SMILES string of the molecule is CC1CCCN(C(=O)NCc2ccc(Cl)cc2)CC1. The Labute approximate surface area is 119 Å². The number of carbonyl (C=O) groups is 1. The van der Waals surface area contributed by atoms with Crippen LogP contribution in [0.4, 0.5) is 4.79 Å². The lowest BCUT2D eigenvalue weighted by Crippen LogP contribution is -2.40. The van der Waals surface area contributed by atoms with Gasteiger partial charge < -0.3 is 10.2 Å². The number of amides is 2. The molecule has 0 saturated carbocycles. The zero-order valence-electron chi connectivity index (χ0n) is 11.4. The number of rotatable bonds is 2. The van der Waals surface area contributed by atoms with Crippen molar-refractivity contribution in [2.45, 2.75) is 32.7 Å². The highest BCUT2D eigenvalue weighted by Crippen LogP contribution is 2.16. The summed E-state index contributed by atoms with van der Waals surface area (Å²) in [5.41, 5.74) is 1.07. The normalized spacial score (nSPS) is 19.9. The van der Waals surface area contributed by atoms with Gasteiger partial charge >= 0.3 is 6.03 Å². The van der Waals surface area contributed by atoms with Gasteiger partial charge in [0, 0.05) is 24.7 Å². The van der Waals surface area contributed by atoms with Gasteiger partial charge in [0.15, 0.2) is 0 Å². The Morgan fingerprint density at radius 3 is 2.79 bits per heavy atom. The third-order valence-corrected chi connectivity index (χ3v) is 3.91. The van der Waals surface area contributed by atoms with Crippen LogP contribution in [0.1, 0.15) is 31.7 Å². The van der Waals surface area contributed by atoms with Crippen molar-refractivity contribution in [3.63, 3.8) is 0 Å². The first kappa shape index (κ1) is 14.2. The maximum atomic E-state index is 12.1. The first-order chi connectivity index (χ1) is 9.15. The zero-order valence-corrected chi connectivity index (χ0v) is 12.1. The van der Waals surface area contributed by atoms with Gasteiger partial charge in [0.05, 0.1) is 0 Å². The number of carbonyl (C=O) groups excluding carboxylic acids is 1. The molecule has 1 N–H and O–H groups in total. The van der Waals surface area contributed by atoms with E-state index in [2.05, 4.69) is 12.2 Å². The van der Waals surface area contributed by atoms with Gasteiger partial charge in [0.1, 0.15) is 0 Å². The minimum atomic E-state index is 0.0454. The lowest BCUT2D eigenvalue weighted by molar-refractivity contribution is 0.199. The van der Waals surface area contributed by atoms with Gasteiger partial charge in [-0.1, -0.05) is 30.7 Å². The first-order valence-electron chi connectivity index (χ1n) is 6.92. The molecule has 1 fully saturated rings. The maximum absolute atomic E-state index is 12.1. The van der Waals surface area contributed by atoms with Gasteiger partial charge in [-0.05, 0) is 42.9 Å². The number of halogens is 1. The Balaban J connectivity index is 1.82. The van der Waals surface area contributed by atoms with Crippen molar-refractivity contribution in [1.82, 2.24) is 10.2 Å². The second-order valence-corrected chi connectivity index (χ2v) is 5.74. The molecule has 0 spiro atoms. The molecule has 1 aliphatic rings. The Kier molecular flexibility index (Phi) is 5.08. The van der Waals surface area contributed by atoms with Crippen molar-refractivity contribution in [2.75, 3.05) is 13.1 Å². The number of benzene rings is 1. The van der Waals surface area contributed by atoms with Crippen molar-refractivity contribution in [1.29, 1.82) is 0 Å². The van der Waals surface area contributed by atoms with Crippen molar-refractivity contribution >= 4 is 17.6 Å². The summed E-state index contributed by atoms with van der Waals surface area (Å²) < 4.78 is 0. The lowest BCUT2D eigenvalue weighted by atomic mass is 10.0.